The number of carbonyl (C=O) groups is 2. The number of benzene rings is 3. The van der Waals surface area contributed by atoms with E-state index >= 15 is 0 Å². The summed E-state index contributed by atoms with van der Waals surface area (Å²) in [4.78, 5) is 46.9. The molecule has 0 aliphatic carbocycles. The summed E-state index contributed by atoms with van der Waals surface area (Å²) in [6, 6.07) is 27.6. The number of piperazine rings is 1. The highest BCUT2D eigenvalue weighted by atomic mass is 35.5. The molecule has 3 aromatic carbocycles. The SMILES string of the molecule is CC(=O)N1CCN(c2ccc(OC[C@H]3CO[C@](Cn4ccnc4)(c4ccc(Cl)cc4Cl)O3)cc2)CC1.CC(N=C(NC#N)Nc1ccncc1)C(C)(C)C.CC1(C)Oc2ccc(C#N)cc2[C@H](N2CCCC2=O)[C@H]1O.CNC(=S)[C@]1(c2cccnc2)CCCC[S@@]1=O.O. The van der Waals surface area contributed by atoms with Gasteiger partial charge in [0.1, 0.15) is 40.7 Å². The Bertz CT molecular complexity index is 3600. The number of nitrogens with zero attached hydrogens (tertiary/aromatic N) is 10. The number of ether oxygens (including phenoxy) is 4. The van der Waals surface area contributed by atoms with Gasteiger partial charge in [-0.1, -0.05) is 74.7 Å². The standard InChI is InChI=1S/C26H28Cl2N4O4.C16H18N2O3.C13H19N5.C12H16N2OS2.H2O/c1-19(33)31-10-12-32(13-11-31)21-3-5-22(6-4-21)34-15-23-16-35-26(36-23,17-30-9-8-29-18-30)24-7-2-20(27)14-25(24)28;1-16(2)15(20)14(18-7-3-4-13(18)19)11-8-10(9-17)5-6-12(11)21-16;1-10(13(2,3)4)17-12(16-9-14)18-11-5-7-15-8-6-11;1-13-11(16)12(6-2-3-8-17(12)15)10-5-4-7-14-9-10;/h2-9,14,18,23H,10-13,15-17H2,1H3;5-6,8,14-15,20H,3-4,7H2,1-2H3;5-8,10H,1-4H3,(H2,15,16,17,18);4-5,7,9H,2-3,6,8H2,1H3,(H,13,16);1H2/t23-,26-;14-,15+;;12-,17+;/m00.1./s1. The minimum atomic E-state index is -1.08. The number of hydrogen-bond acceptors (Lipinski definition) is 16. The van der Waals surface area contributed by atoms with Crippen LogP contribution in [-0.2, 0) is 46.9 Å². The monoisotopic (exact) mass is 1350 g/mol. The number of nitriles is 2. The van der Waals surface area contributed by atoms with Crippen LogP contribution in [0.5, 0.6) is 11.5 Å². The number of anilines is 2. The number of aliphatic hydroxyl groups is 1. The average molecular weight is 1350 g/mol. The second-order valence-corrected chi connectivity index (χ2v) is 27.4. The Hall–Kier alpha value is -7.78. The number of thiocarbonyl (C=S) groups is 1. The Morgan fingerprint density at radius 3 is 2.30 bits per heavy atom. The third-order valence-corrected chi connectivity index (χ3v) is 20.0. The van der Waals surface area contributed by atoms with E-state index in [0.29, 0.717) is 70.6 Å². The summed E-state index contributed by atoms with van der Waals surface area (Å²) in [6.45, 7) is 18.4. The Morgan fingerprint density at radius 2 is 1.70 bits per heavy atom. The fourth-order valence-corrected chi connectivity index (χ4v) is 14.1. The van der Waals surface area contributed by atoms with Crippen LogP contribution in [0.15, 0.2) is 133 Å². The summed E-state index contributed by atoms with van der Waals surface area (Å²) in [5, 5.41) is 38.2. The van der Waals surface area contributed by atoms with Crippen molar-refractivity contribution in [3.8, 4) is 23.8 Å². The van der Waals surface area contributed by atoms with Gasteiger partial charge in [-0.2, -0.15) is 10.5 Å². The van der Waals surface area contributed by atoms with E-state index in [1.165, 1.54) is 0 Å². The van der Waals surface area contributed by atoms with E-state index in [0.717, 1.165) is 85.9 Å². The van der Waals surface area contributed by atoms with Crippen LogP contribution in [-0.4, -0.2) is 149 Å². The third-order valence-electron chi connectivity index (χ3n) is 16.7. The third kappa shape index (κ3) is 18.3. The maximum absolute atomic E-state index is 12.5. The topological polar surface area (TPSA) is 289 Å². The maximum atomic E-state index is 12.5. The van der Waals surface area contributed by atoms with Crippen LogP contribution in [0.3, 0.4) is 0 Å². The number of aliphatic hydroxyl groups excluding tert-OH is 1. The molecule has 8 heterocycles. The first-order chi connectivity index (χ1) is 44.0. The highest BCUT2D eigenvalue weighted by Gasteiger charge is 2.49. The molecule has 5 aliphatic rings. The molecule has 93 heavy (non-hydrogen) atoms. The summed E-state index contributed by atoms with van der Waals surface area (Å²) in [7, 11) is 0.837. The number of amides is 2. The molecular formula is C67H83Cl2N13O9S2. The fourth-order valence-electron chi connectivity index (χ4n) is 11.2. The first kappa shape index (κ1) is 72.6. The molecule has 0 spiro atoms. The number of halogens is 2. The molecule has 0 radical (unpaired) electrons. The number of aliphatic imine (C=N–C) groups is 1. The smallest absolute Gasteiger partial charge is 0.223 e. The number of fused-ring (bicyclic) bond motifs is 1. The number of pyridine rings is 2. The van der Waals surface area contributed by atoms with Gasteiger partial charge < -0.3 is 59.4 Å². The van der Waals surface area contributed by atoms with Crippen molar-refractivity contribution in [1.29, 1.82) is 10.5 Å². The molecule has 0 bridgehead atoms. The minimum Gasteiger partial charge on any atom is -0.491 e. The predicted molar refractivity (Wildman–Crippen MR) is 364 cm³/mol. The molecule has 22 nitrogen and oxygen atoms in total. The Labute approximate surface area is 562 Å². The van der Waals surface area contributed by atoms with Gasteiger partial charge in [-0.25, -0.2) is 9.98 Å². The van der Waals surface area contributed by atoms with Crippen molar-refractivity contribution >= 4 is 80.4 Å². The van der Waals surface area contributed by atoms with Crippen molar-refractivity contribution in [3.63, 3.8) is 0 Å². The number of carbonyl (C=O) groups excluding carboxylic acids is 2. The fraction of sp³-hybridized carbons (Fsp3) is 0.448. The van der Waals surface area contributed by atoms with Crippen LogP contribution in [0.4, 0.5) is 11.4 Å². The molecule has 1 unspecified atom stereocenters. The molecule has 4 fully saturated rings. The summed E-state index contributed by atoms with van der Waals surface area (Å²) in [5.74, 6) is 1.65. The van der Waals surface area contributed by atoms with Crippen LogP contribution in [0, 0.1) is 28.2 Å². The van der Waals surface area contributed by atoms with Gasteiger partial charge in [-0.15, -0.1) is 0 Å². The zero-order chi connectivity index (χ0) is 66.2. The van der Waals surface area contributed by atoms with Crippen molar-refractivity contribution in [2.75, 3.05) is 69.0 Å². The molecule has 7 atom stereocenters. The van der Waals surface area contributed by atoms with E-state index in [2.05, 4.69) is 67.6 Å². The van der Waals surface area contributed by atoms with Gasteiger partial charge in [-0.05, 0) is 124 Å². The van der Waals surface area contributed by atoms with Gasteiger partial charge in [-0.3, -0.25) is 29.1 Å². The van der Waals surface area contributed by atoms with Crippen LogP contribution in [0.1, 0.15) is 109 Å². The number of aromatic nitrogens is 4. The number of imidazole rings is 1. The molecule has 4 saturated heterocycles. The Kier molecular flexibility index (Phi) is 25.7. The quantitative estimate of drug-likeness (QED) is 0.0292. The molecule has 11 rings (SSSR count). The highest BCUT2D eigenvalue weighted by Crippen LogP contribution is 2.45. The second kappa shape index (κ2) is 32.9. The van der Waals surface area contributed by atoms with E-state index in [1.807, 2.05) is 97.2 Å². The lowest BCUT2D eigenvalue weighted by Gasteiger charge is -2.45. The van der Waals surface area contributed by atoms with E-state index in [4.69, 9.17) is 64.9 Å². The van der Waals surface area contributed by atoms with Crippen molar-refractivity contribution in [2.45, 2.75) is 128 Å². The lowest BCUT2D eigenvalue weighted by molar-refractivity contribution is -0.189. The minimum absolute atomic E-state index is 0. The Balaban J connectivity index is 0.000000185. The zero-order valence-electron chi connectivity index (χ0n) is 53.7. The molecule has 0 saturated carbocycles. The molecule has 5 aliphatic heterocycles. The molecule has 496 valence electrons. The van der Waals surface area contributed by atoms with Crippen molar-refractivity contribution < 1.29 is 43.3 Å². The van der Waals surface area contributed by atoms with Crippen molar-refractivity contribution in [2.24, 2.45) is 10.4 Å². The van der Waals surface area contributed by atoms with E-state index in [9.17, 15) is 18.9 Å². The normalized spacial score (nSPS) is 22.5. The molecule has 26 heteroatoms. The lowest BCUT2D eigenvalue weighted by Crippen LogP contribution is -2.53. The van der Waals surface area contributed by atoms with Crippen LogP contribution >= 0.6 is 35.4 Å². The number of rotatable bonds is 12. The first-order valence-electron chi connectivity index (χ1n) is 30.6. The van der Waals surface area contributed by atoms with E-state index in [1.54, 1.807) is 86.5 Å². The van der Waals surface area contributed by atoms with Crippen LogP contribution < -0.4 is 30.3 Å². The molecular weight excluding hydrogens is 1270 g/mol. The number of guanidine groups is 1. The molecule has 3 aromatic heterocycles. The zero-order valence-corrected chi connectivity index (χ0v) is 56.8. The second-order valence-electron chi connectivity index (χ2n) is 24.4. The van der Waals surface area contributed by atoms with Crippen LogP contribution in [0.2, 0.25) is 10.0 Å². The van der Waals surface area contributed by atoms with Crippen LogP contribution in [0.25, 0.3) is 0 Å². The molecule has 6 N–H and O–H groups in total. The number of likely N-dealkylation sites (N-methyl/N-ethyl adjacent to an activating group) is 1. The number of nitrogens with one attached hydrogen (secondary N) is 3. The first-order valence-corrected chi connectivity index (χ1v) is 33.1. The van der Waals surface area contributed by atoms with E-state index in [-0.39, 0.29) is 34.9 Å². The molecule has 2 amide bonds. The average Bonchev–Trinajstić information content (AvgIpc) is 1.67. The predicted octanol–water partition coefficient (Wildman–Crippen LogP) is 9.25. The highest BCUT2D eigenvalue weighted by molar-refractivity contribution is 7.90. The summed E-state index contributed by atoms with van der Waals surface area (Å²) < 4.78 is 38.4. The van der Waals surface area contributed by atoms with E-state index < -0.39 is 39.1 Å². The van der Waals surface area contributed by atoms with Gasteiger partial charge >= 0.3 is 0 Å². The summed E-state index contributed by atoms with van der Waals surface area (Å²) >= 11 is 18.1. The van der Waals surface area contributed by atoms with Crippen molar-refractivity contribution in [3.05, 3.63) is 161 Å². The Morgan fingerprint density at radius 1 is 0.957 bits per heavy atom. The number of hydrogen-bond donors (Lipinski definition) is 4. The number of likely N-dealkylation sites (tertiary alicyclic amines) is 1. The summed E-state index contributed by atoms with van der Waals surface area (Å²) in [6.07, 6.45) is 17.1. The van der Waals surface area contributed by atoms with Gasteiger partial charge in [0, 0.05) is 134 Å². The molecule has 6 aromatic rings. The summed E-state index contributed by atoms with van der Waals surface area (Å²) in [5.41, 5.74) is 4.11. The van der Waals surface area contributed by atoms with Crippen molar-refractivity contribution in [1.82, 2.24) is 40.0 Å². The van der Waals surface area contributed by atoms with Gasteiger partial charge in [0.2, 0.25) is 23.6 Å². The van der Waals surface area contributed by atoms with Gasteiger partial charge in [0.25, 0.3) is 0 Å². The van der Waals surface area contributed by atoms with Gasteiger partial charge in [0.05, 0.1) is 53.2 Å². The lowest BCUT2D eigenvalue weighted by atomic mass is 9.85. The largest absolute Gasteiger partial charge is 0.491 e. The van der Waals surface area contributed by atoms with Gasteiger partial charge in [0.15, 0.2) is 6.19 Å². The maximum Gasteiger partial charge on any atom is 0.223 e.